The van der Waals surface area contributed by atoms with Gasteiger partial charge in [0.2, 0.25) is 0 Å². The van der Waals surface area contributed by atoms with E-state index < -0.39 is 0 Å². The molecule has 1 fully saturated rings. The van der Waals surface area contributed by atoms with Gasteiger partial charge in [0.15, 0.2) is 0 Å². The van der Waals surface area contributed by atoms with Crippen molar-refractivity contribution in [2.75, 3.05) is 13.1 Å². The van der Waals surface area contributed by atoms with Crippen LogP contribution in [0.25, 0.3) is 0 Å². The maximum Gasteiger partial charge on any atom is 0.148 e. The Labute approximate surface area is 87.8 Å². The van der Waals surface area contributed by atoms with E-state index in [-0.39, 0.29) is 0 Å². The first kappa shape index (κ1) is 9.80. The zero-order chi connectivity index (χ0) is 9.97. The number of hydrogen-bond acceptors (Lipinski definition) is 4. The van der Waals surface area contributed by atoms with E-state index in [1.54, 1.807) is 11.3 Å². The van der Waals surface area contributed by atoms with E-state index in [9.17, 15) is 4.79 Å². The van der Waals surface area contributed by atoms with Crippen molar-refractivity contribution in [3.8, 4) is 0 Å². The third kappa shape index (κ3) is 1.86. The number of likely N-dealkylation sites (tertiary alicyclic amines) is 1. The molecule has 2 rings (SSSR count). The molecule has 1 atom stereocenters. The highest BCUT2D eigenvalue weighted by atomic mass is 32.1. The maximum atomic E-state index is 11.2. The van der Waals surface area contributed by atoms with Crippen LogP contribution in [0.4, 0.5) is 0 Å². The normalized spacial score (nSPS) is 20.2. The quantitative estimate of drug-likeness (QED) is 0.763. The van der Waals surface area contributed by atoms with Crippen molar-refractivity contribution in [3.63, 3.8) is 0 Å². The molecule has 1 unspecified atom stereocenters. The summed E-state index contributed by atoms with van der Waals surface area (Å²) in [6.45, 7) is 3.66. The summed E-state index contributed by atoms with van der Waals surface area (Å²) < 4.78 is 0. The smallest absolute Gasteiger partial charge is 0.148 e. The van der Waals surface area contributed by atoms with E-state index >= 15 is 0 Å². The Bertz CT molecular complexity index is 310. The van der Waals surface area contributed by atoms with Crippen molar-refractivity contribution >= 4 is 17.1 Å². The first-order valence-corrected chi connectivity index (χ1v) is 5.84. The number of carbonyl (C=O) groups excluding carboxylic acids is 1. The second-order valence-electron chi connectivity index (χ2n) is 3.55. The van der Waals surface area contributed by atoms with E-state index in [1.165, 1.54) is 0 Å². The molecular formula is C10H14N2OS. The van der Waals surface area contributed by atoms with Crippen molar-refractivity contribution in [1.82, 2.24) is 9.88 Å². The van der Waals surface area contributed by atoms with Gasteiger partial charge in [0.25, 0.3) is 0 Å². The summed E-state index contributed by atoms with van der Waals surface area (Å²) in [6.07, 6.45) is 3.57. The average molecular weight is 210 g/mol. The van der Waals surface area contributed by atoms with Gasteiger partial charge in [-0.1, -0.05) is 6.92 Å². The first-order valence-electron chi connectivity index (χ1n) is 4.96. The lowest BCUT2D eigenvalue weighted by Crippen LogP contribution is -2.26. The minimum absolute atomic E-state index is 0.349. The molecule has 14 heavy (non-hydrogen) atoms. The van der Waals surface area contributed by atoms with Crippen molar-refractivity contribution < 1.29 is 4.79 Å². The molecule has 4 heteroatoms. The minimum atomic E-state index is 0.349. The highest BCUT2D eigenvalue weighted by molar-refractivity contribution is 7.09. The average Bonchev–Trinajstić information content (AvgIpc) is 2.79. The van der Waals surface area contributed by atoms with Gasteiger partial charge in [-0.25, -0.2) is 4.98 Å². The van der Waals surface area contributed by atoms with Crippen LogP contribution in [0, 0.1) is 0 Å². The van der Waals surface area contributed by atoms with Gasteiger partial charge in [-0.2, -0.15) is 0 Å². The van der Waals surface area contributed by atoms with E-state index in [1.807, 2.05) is 11.6 Å². The van der Waals surface area contributed by atoms with Crippen molar-refractivity contribution in [1.29, 1.82) is 0 Å². The number of Topliss-reactive ketones (excluding diaryl/α,β-unsaturated/α-hetero) is 1. The molecule has 0 amide bonds. The lowest BCUT2D eigenvalue weighted by molar-refractivity contribution is -0.117. The molecule has 1 aliphatic heterocycles. The van der Waals surface area contributed by atoms with Crippen molar-refractivity contribution in [3.05, 3.63) is 16.6 Å². The standard InChI is InChI=1S/C10H14N2OS/c1-2-9(10-11-4-6-14-10)12-5-3-8(13)7-12/h4,6,9H,2-3,5,7H2,1H3. The van der Waals surface area contributed by atoms with Crippen LogP contribution in [-0.4, -0.2) is 28.8 Å². The fourth-order valence-corrected chi connectivity index (χ4v) is 2.76. The summed E-state index contributed by atoms with van der Waals surface area (Å²) in [7, 11) is 0. The van der Waals surface area contributed by atoms with Gasteiger partial charge in [0.1, 0.15) is 10.8 Å². The second kappa shape index (κ2) is 4.19. The highest BCUT2D eigenvalue weighted by Gasteiger charge is 2.27. The number of rotatable bonds is 3. The molecule has 2 heterocycles. The SMILES string of the molecule is CCC(c1nccs1)N1CCC(=O)C1. The summed E-state index contributed by atoms with van der Waals surface area (Å²) in [5, 5.41) is 3.14. The van der Waals surface area contributed by atoms with Crippen LogP contribution in [0.3, 0.4) is 0 Å². The van der Waals surface area contributed by atoms with Gasteiger partial charge in [0.05, 0.1) is 12.6 Å². The Morgan fingerprint density at radius 1 is 1.71 bits per heavy atom. The van der Waals surface area contributed by atoms with E-state index in [0.717, 1.165) is 18.0 Å². The Kier molecular flexibility index (Phi) is 2.93. The molecule has 0 N–H and O–H groups in total. The van der Waals surface area contributed by atoms with Crippen LogP contribution in [0.2, 0.25) is 0 Å². The number of ketones is 1. The van der Waals surface area contributed by atoms with Crippen LogP contribution in [0.5, 0.6) is 0 Å². The fraction of sp³-hybridized carbons (Fsp3) is 0.600. The number of nitrogens with zero attached hydrogens (tertiary/aromatic N) is 2. The predicted molar refractivity (Wildman–Crippen MR) is 56.3 cm³/mol. The number of carbonyl (C=O) groups is 1. The van der Waals surface area contributed by atoms with E-state index in [0.29, 0.717) is 24.8 Å². The zero-order valence-corrected chi connectivity index (χ0v) is 9.09. The molecule has 0 saturated carbocycles. The van der Waals surface area contributed by atoms with Crippen molar-refractivity contribution in [2.24, 2.45) is 0 Å². The van der Waals surface area contributed by atoms with Gasteiger partial charge in [-0.3, -0.25) is 9.69 Å². The van der Waals surface area contributed by atoms with Crippen LogP contribution < -0.4 is 0 Å². The van der Waals surface area contributed by atoms with Crippen LogP contribution in [0.1, 0.15) is 30.8 Å². The van der Waals surface area contributed by atoms with Gasteiger partial charge in [-0.15, -0.1) is 11.3 Å². The minimum Gasteiger partial charge on any atom is -0.298 e. The van der Waals surface area contributed by atoms with E-state index in [4.69, 9.17) is 0 Å². The Morgan fingerprint density at radius 3 is 3.07 bits per heavy atom. The Balaban J connectivity index is 2.10. The van der Waals surface area contributed by atoms with Crippen LogP contribution in [0.15, 0.2) is 11.6 Å². The summed E-state index contributed by atoms with van der Waals surface area (Å²) in [5.41, 5.74) is 0. The Hall–Kier alpha value is -0.740. The van der Waals surface area contributed by atoms with Crippen molar-refractivity contribution in [2.45, 2.75) is 25.8 Å². The summed E-state index contributed by atoms with van der Waals surface area (Å²) in [5.74, 6) is 0.361. The monoisotopic (exact) mass is 210 g/mol. The largest absolute Gasteiger partial charge is 0.298 e. The highest BCUT2D eigenvalue weighted by Crippen LogP contribution is 2.27. The molecular weight excluding hydrogens is 196 g/mol. The summed E-state index contributed by atoms with van der Waals surface area (Å²) >= 11 is 1.68. The molecule has 0 spiro atoms. The maximum absolute atomic E-state index is 11.2. The Morgan fingerprint density at radius 2 is 2.57 bits per heavy atom. The lowest BCUT2D eigenvalue weighted by Gasteiger charge is -2.23. The van der Waals surface area contributed by atoms with Gasteiger partial charge in [-0.05, 0) is 6.42 Å². The molecule has 0 aromatic carbocycles. The predicted octanol–water partition coefficient (Wildman–Crippen LogP) is 1.87. The molecule has 76 valence electrons. The molecule has 1 aromatic rings. The molecule has 3 nitrogen and oxygen atoms in total. The lowest BCUT2D eigenvalue weighted by atomic mass is 10.2. The number of aromatic nitrogens is 1. The molecule has 0 aliphatic carbocycles. The molecule has 1 aliphatic rings. The topological polar surface area (TPSA) is 33.2 Å². The second-order valence-corrected chi connectivity index (χ2v) is 4.48. The molecule has 1 saturated heterocycles. The summed E-state index contributed by atoms with van der Waals surface area (Å²) in [6, 6.07) is 0.349. The number of hydrogen-bond donors (Lipinski definition) is 0. The third-order valence-corrected chi connectivity index (χ3v) is 3.50. The fourth-order valence-electron chi connectivity index (χ4n) is 1.91. The third-order valence-electron chi connectivity index (χ3n) is 2.62. The molecule has 1 aromatic heterocycles. The van der Waals surface area contributed by atoms with E-state index in [2.05, 4.69) is 16.8 Å². The number of thiazole rings is 1. The zero-order valence-electron chi connectivity index (χ0n) is 8.27. The van der Waals surface area contributed by atoms with Crippen LogP contribution >= 0.6 is 11.3 Å². The van der Waals surface area contributed by atoms with Gasteiger partial charge in [0, 0.05) is 24.5 Å². The first-order chi connectivity index (χ1) is 6.81. The molecule has 0 bridgehead atoms. The van der Waals surface area contributed by atoms with Gasteiger partial charge < -0.3 is 0 Å². The molecule has 0 radical (unpaired) electrons. The van der Waals surface area contributed by atoms with Gasteiger partial charge >= 0.3 is 0 Å². The van der Waals surface area contributed by atoms with Crippen LogP contribution in [-0.2, 0) is 4.79 Å². The summed E-state index contributed by atoms with van der Waals surface area (Å²) in [4.78, 5) is 17.7.